The van der Waals surface area contributed by atoms with Crippen molar-refractivity contribution in [3.05, 3.63) is 53.6 Å². The van der Waals surface area contributed by atoms with Crippen molar-refractivity contribution in [3.63, 3.8) is 0 Å². The standard InChI is InChI=1S/C21H23F2NO5/c1-4-11-28-17-10-9-14(12-18(17)27-5-2)21(26)29-13(3)20(25)24-19-15(22)7-6-8-16(19)23/h6-10,12-13H,4-5,11H2,1-3H3,(H,24,25). The Hall–Kier alpha value is -3.16. The van der Waals surface area contributed by atoms with Gasteiger partial charge in [-0.15, -0.1) is 0 Å². The van der Waals surface area contributed by atoms with Gasteiger partial charge in [0.1, 0.15) is 17.3 Å². The summed E-state index contributed by atoms with van der Waals surface area (Å²) in [6.45, 7) is 5.92. The zero-order valence-corrected chi connectivity index (χ0v) is 16.5. The summed E-state index contributed by atoms with van der Waals surface area (Å²) in [5.74, 6) is -2.64. The van der Waals surface area contributed by atoms with Crippen LogP contribution in [0.15, 0.2) is 36.4 Å². The lowest BCUT2D eigenvalue weighted by atomic mass is 10.2. The Morgan fingerprint density at radius 2 is 1.72 bits per heavy atom. The SMILES string of the molecule is CCCOc1ccc(C(=O)OC(C)C(=O)Nc2c(F)cccc2F)cc1OCC. The Balaban J connectivity index is 2.08. The van der Waals surface area contributed by atoms with Gasteiger partial charge in [-0.2, -0.15) is 0 Å². The van der Waals surface area contributed by atoms with Crippen LogP contribution in [0.1, 0.15) is 37.6 Å². The van der Waals surface area contributed by atoms with E-state index in [1.54, 1.807) is 13.0 Å². The first-order valence-electron chi connectivity index (χ1n) is 9.22. The molecule has 0 aliphatic carbocycles. The second kappa shape index (κ2) is 10.4. The number of hydrogen-bond donors (Lipinski definition) is 1. The molecule has 2 rings (SSSR count). The molecule has 0 aliphatic rings. The number of halogens is 2. The number of esters is 1. The van der Waals surface area contributed by atoms with E-state index in [-0.39, 0.29) is 5.56 Å². The minimum absolute atomic E-state index is 0.147. The maximum Gasteiger partial charge on any atom is 0.339 e. The van der Waals surface area contributed by atoms with E-state index in [1.807, 2.05) is 6.92 Å². The number of hydrogen-bond acceptors (Lipinski definition) is 5. The van der Waals surface area contributed by atoms with E-state index in [2.05, 4.69) is 5.32 Å². The Bertz CT molecular complexity index is 852. The van der Waals surface area contributed by atoms with Crippen LogP contribution >= 0.6 is 0 Å². The molecule has 1 unspecified atom stereocenters. The number of rotatable bonds is 9. The number of ether oxygens (including phenoxy) is 3. The fourth-order valence-electron chi connectivity index (χ4n) is 2.36. The third kappa shape index (κ3) is 5.91. The highest BCUT2D eigenvalue weighted by Crippen LogP contribution is 2.29. The fraction of sp³-hybridized carbons (Fsp3) is 0.333. The summed E-state index contributed by atoms with van der Waals surface area (Å²) in [4.78, 5) is 24.5. The molecule has 1 amide bonds. The van der Waals surface area contributed by atoms with Gasteiger partial charge in [0.2, 0.25) is 0 Å². The molecule has 0 radical (unpaired) electrons. The van der Waals surface area contributed by atoms with Crippen molar-refractivity contribution >= 4 is 17.6 Å². The van der Waals surface area contributed by atoms with Crippen LogP contribution in [0.2, 0.25) is 0 Å². The largest absolute Gasteiger partial charge is 0.490 e. The predicted octanol–water partition coefficient (Wildman–Crippen LogP) is 4.34. The molecule has 8 heteroatoms. The van der Waals surface area contributed by atoms with Gasteiger partial charge in [0, 0.05) is 0 Å². The molecule has 0 fully saturated rings. The monoisotopic (exact) mass is 407 g/mol. The van der Waals surface area contributed by atoms with Crippen LogP contribution in [0, 0.1) is 11.6 Å². The van der Waals surface area contributed by atoms with Crippen LogP contribution in [0.5, 0.6) is 11.5 Å². The molecule has 0 spiro atoms. The fourth-order valence-corrected chi connectivity index (χ4v) is 2.36. The Labute approximate surface area is 167 Å². The zero-order valence-electron chi connectivity index (χ0n) is 16.5. The van der Waals surface area contributed by atoms with Gasteiger partial charge in [0.25, 0.3) is 5.91 Å². The maximum atomic E-state index is 13.7. The molecule has 2 aromatic carbocycles. The lowest BCUT2D eigenvalue weighted by Crippen LogP contribution is -2.30. The predicted molar refractivity (Wildman–Crippen MR) is 103 cm³/mol. The highest BCUT2D eigenvalue weighted by Gasteiger charge is 2.22. The van der Waals surface area contributed by atoms with Crippen molar-refractivity contribution in [1.29, 1.82) is 0 Å². The summed E-state index contributed by atoms with van der Waals surface area (Å²) in [5.41, 5.74) is -0.453. The highest BCUT2D eigenvalue weighted by atomic mass is 19.1. The molecule has 0 saturated heterocycles. The van der Waals surface area contributed by atoms with Gasteiger partial charge in [0.05, 0.1) is 18.8 Å². The molecular formula is C21H23F2NO5. The van der Waals surface area contributed by atoms with Crippen molar-refractivity contribution in [1.82, 2.24) is 0 Å². The average Bonchev–Trinajstić information content (AvgIpc) is 2.69. The minimum atomic E-state index is -1.28. The van der Waals surface area contributed by atoms with Crippen molar-refractivity contribution in [2.45, 2.75) is 33.3 Å². The summed E-state index contributed by atoms with van der Waals surface area (Å²) in [6, 6.07) is 7.71. The molecule has 1 atom stereocenters. The van der Waals surface area contributed by atoms with E-state index in [0.717, 1.165) is 18.6 Å². The van der Waals surface area contributed by atoms with E-state index in [0.29, 0.717) is 24.7 Å². The highest BCUT2D eigenvalue weighted by molar-refractivity contribution is 5.97. The van der Waals surface area contributed by atoms with Crippen molar-refractivity contribution in [3.8, 4) is 11.5 Å². The molecule has 1 N–H and O–H groups in total. The average molecular weight is 407 g/mol. The number of benzene rings is 2. The third-order valence-corrected chi connectivity index (χ3v) is 3.80. The number of para-hydroxylation sites is 1. The smallest absolute Gasteiger partial charge is 0.339 e. The Morgan fingerprint density at radius 1 is 1.03 bits per heavy atom. The molecule has 0 aromatic heterocycles. The van der Waals surface area contributed by atoms with Crippen LogP contribution in [-0.4, -0.2) is 31.2 Å². The van der Waals surface area contributed by atoms with Gasteiger partial charge >= 0.3 is 5.97 Å². The van der Waals surface area contributed by atoms with Crippen molar-refractivity contribution in [2.24, 2.45) is 0 Å². The molecule has 29 heavy (non-hydrogen) atoms. The molecule has 6 nitrogen and oxygen atoms in total. The van der Waals surface area contributed by atoms with Crippen LogP contribution in [0.3, 0.4) is 0 Å². The summed E-state index contributed by atoms with van der Waals surface area (Å²) < 4.78 is 43.5. The summed E-state index contributed by atoms with van der Waals surface area (Å²) in [7, 11) is 0. The molecule has 0 bridgehead atoms. The van der Waals surface area contributed by atoms with Crippen LogP contribution in [-0.2, 0) is 9.53 Å². The van der Waals surface area contributed by atoms with Crippen LogP contribution in [0.4, 0.5) is 14.5 Å². The number of carbonyl (C=O) groups is 2. The second-order valence-electron chi connectivity index (χ2n) is 6.08. The molecule has 2 aromatic rings. The van der Waals surface area contributed by atoms with Gasteiger partial charge < -0.3 is 19.5 Å². The topological polar surface area (TPSA) is 73.9 Å². The first-order chi connectivity index (χ1) is 13.9. The van der Waals surface area contributed by atoms with Crippen LogP contribution < -0.4 is 14.8 Å². The summed E-state index contributed by atoms with van der Waals surface area (Å²) in [5, 5.41) is 2.09. The van der Waals surface area contributed by atoms with E-state index >= 15 is 0 Å². The van der Waals surface area contributed by atoms with E-state index in [1.165, 1.54) is 25.1 Å². The zero-order chi connectivity index (χ0) is 21.4. The maximum absolute atomic E-state index is 13.7. The van der Waals surface area contributed by atoms with E-state index in [4.69, 9.17) is 14.2 Å². The van der Waals surface area contributed by atoms with Crippen molar-refractivity contribution < 1.29 is 32.6 Å². The number of nitrogens with one attached hydrogen (secondary N) is 1. The molecule has 0 heterocycles. The first-order valence-corrected chi connectivity index (χ1v) is 9.22. The normalized spacial score (nSPS) is 11.5. The van der Waals surface area contributed by atoms with Crippen LogP contribution in [0.25, 0.3) is 0 Å². The van der Waals surface area contributed by atoms with Crippen molar-refractivity contribution in [2.75, 3.05) is 18.5 Å². The number of amides is 1. The van der Waals surface area contributed by atoms with Gasteiger partial charge in [0.15, 0.2) is 17.6 Å². The number of carbonyl (C=O) groups excluding carboxylic acids is 2. The quantitative estimate of drug-likeness (QED) is 0.626. The first kappa shape index (κ1) is 22.1. The lowest BCUT2D eigenvalue weighted by Gasteiger charge is -2.16. The van der Waals surface area contributed by atoms with Gasteiger partial charge in [-0.05, 0) is 50.6 Å². The van der Waals surface area contributed by atoms with Gasteiger partial charge in [-0.3, -0.25) is 4.79 Å². The summed E-state index contributed by atoms with van der Waals surface area (Å²) in [6.07, 6.45) is -0.474. The number of anilines is 1. The van der Waals surface area contributed by atoms with Gasteiger partial charge in [-0.1, -0.05) is 13.0 Å². The molecule has 0 saturated carbocycles. The Morgan fingerprint density at radius 3 is 2.34 bits per heavy atom. The minimum Gasteiger partial charge on any atom is -0.490 e. The second-order valence-corrected chi connectivity index (χ2v) is 6.08. The molecule has 156 valence electrons. The van der Waals surface area contributed by atoms with Gasteiger partial charge in [-0.25, -0.2) is 13.6 Å². The summed E-state index contributed by atoms with van der Waals surface area (Å²) >= 11 is 0. The lowest BCUT2D eigenvalue weighted by molar-refractivity contribution is -0.123. The molecular weight excluding hydrogens is 384 g/mol. The third-order valence-electron chi connectivity index (χ3n) is 3.80. The molecule has 0 aliphatic heterocycles. The van der Waals surface area contributed by atoms with E-state index < -0.39 is 35.3 Å². The Kier molecular flexibility index (Phi) is 7.94. The van der Waals surface area contributed by atoms with E-state index in [9.17, 15) is 18.4 Å².